The molecule has 13 heteroatoms. The fourth-order valence-electron chi connectivity index (χ4n) is 7.78. The Morgan fingerprint density at radius 1 is 0.887 bits per heavy atom. The molecule has 1 N–H and O–H groups in total. The van der Waals surface area contributed by atoms with Gasteiger partial charge in [0, 0.05) is 43.7 Å². The zero-order chi connectivity index (χ0) is 38.0. The fourth-order valence-corrected chi connectivity index (χ4v) is 10.1. The molecule has 1 unspecified atom stereocenters. The number of rotatable bonds is 11. The largest absolute Gasteiger partial charge is 0.399 e. The number of carbonyl (C=O) groups is 2. The van der Waals surface area contributed by atoms with E-state index in [1.807, 2.05) is 78.9 Å². The molecule has 4 aromatic rings. The summed E-state index contributed by atoms with van der Waals surface area (Å²) in [6.07, 6.45) is 1.58. The standard InChI is InChI=1S/C40H41Cl3F2N4O3S/c1-47(36(50)40(43,44)45)27-38(31-17-18-33(41)34(42)25-31,19-22-49-23-20-39(21-24-49)32-16-10-9-15-30(32)26-53(39)52)48(2)37(51)46-35(28-11-5-3-6-12-28)29-13-7-4-8-14-29/h3-18,25,35H,19-24,26-27H2,1-2H3,(H,46,51)/t38?,53-/m1/s1. The molecule has 1 spiro atoms. The second-order valence-corrected chi connectivity index (χ2v) is 16.9. The molecule has 3 amide bonds. The number of hydrogen-bond donors (Lipinski definition) is 1. The fraction of sp³-hybridized carbons (Fsp3) is 0.350. The number of nitrogens with zero attached hydrogens (tertiary/aromatic N) is 3. The molecule has 0 aliphatic carbocycles. The number of amides is 3. The van der Waals surface area contributed by atoms with E-state index in [0.717, 1.165) is 27.2 Å². The van der Waals surface area contributed by atoms with Gasteiger partial charge in [-0.25, -0.2) is 4.79 Å². The molecular weight excluding hydrogens is 761 g/mol. The zero-order valence-electron chi connectivity index (χ0n) is 29.4. The van der Waals surface area contributed by atoms with E-state index >= 15 is 0 Å². The molecule has 2 heterocycles. The minimum absolute atomic E-state index is 0.202. The zero-order valence-corrected chi connectivity index (χ0v) is 32.5. The van der Waals surface area contributed by atoms with Gasteiger partial charge in [-0.1, -0.05) is 114 Å². The minimum Gasteiger partial charge on any atom is -0.337 e. The lowest BCUT2D eigenvalue weighted by Gasteiger charge is -2.47. The van der Waals surface area contributed by atoms with Crippen molar-refractivity contribution < 1.29 is 22.6 Å². The van der Waals surface area contributed by atoms with Crippen LogP contribution in [0, 0.1) is 0 Å². The van der Waals surface area contributed by atoms with Crippen LogP contribution < -0.4 is 5.32 Å². The van der Waals surface area contributed by atoms with Crippen molar-refractivity contribution in [3.63, 3.8) is 0 Å². The van der Waals surface area contributed by atoms with Crippen molar-refractivity contribution in [2.45, 2.75) is 46.7 Å². The van der Waals surface area contributed by atoms with Crippen LogP contribution in [-0.2, 0) is 31.6 Å². The molecular formula is C40H41Cl3F2N4O3S. The first-order chi connectivity index (χ1) is 25.2. The summed E-state index contributed by atoms with van der Waals surface area (Å²) in [6, 6.07) is 30.9. The Kier molecular flexibility index (Phi) is 11.9. The van der Waals surface area contributed by atoms with Crippen LogP contribution in [0.2, 0.25) is 10.0 Å². The van der Waals surface area contributed by atoms with Gasteiger partial charge in [-0.15, -0.1) is 0 Å². The van der Waals surface area contributed by atoms with Crippen LogP contribution in [0.4, 0.5) is 13.6 Å². The molecule has 1 fully saturated rings. The van der Waals surface area contributed by atoms with E-state index in [9.17, 15) is 22.6 Å². The predicted octanol–water partition coefficient (Wildman–Crippen LogP) is 8.55. The molecule has 0 bridgehead atoms. The third kappa shape index (κ3) is 8.13. The normalized spacial score (nSPS) is 18.0. The Morgan fingerprint density at radius 2 is 1.47 bits per heavy atom. The molecule has 6 rings (SSSR count). The van der Waals surface area contributed by atoms with Crippen LogP contribution >= 0.6 is 34.8 Å². The maximum Gasteiger partial charge on any atom is 0.399 e. The van der Waals surface area contributed by atoms with E-state index in [1.165, 1.54) is 11.9 Å². The summed E-state index contributed by atoms with van der Waals surface area (Å²) in [5.41, 5.74) is 3.04. The van der Waals surface area contributed by atoms with Gasteiger partial charge in [0.1, 0.15) is 0 Å². The second-order valence-electron chi connectivity index (χ2n) is 13.8. The lowest BCUT2D eigenvalue weighted by atomic mass is 9.83. The summed E-state index contributed by atoms with van der Waals surface area (Å²) in [7, 11) is 1.78. The van der Waals surface area contributed by atoms with Gasteiger partial charge in [-0.3, -0.25) is 9.00 Å². The highest BCUT2D eigenvalue weighted by molar-refractivity contribution is 7.85. The Balaban J connectivity index is 1.35. The predicted molar refractivity (Wildman–Crippen MR) is 208 cm³/mol. The molecule has 0 aromatic heterocycles. The summed E-state index contributed by atoms with van der Waals surface area (Å²) in [6.45, 7) is 1.34. The van der Waals surface area contributed by atoms with Crippen molar-refractivity contribution in [3.05, 3.63) is 141 Å². The van der Waals surface area contributed by atoms with Gasteiger partial charge in [0.2, 0.25) is 0 Å². The quantitative estimate of drug-likeness (QED) is 0.155. The highest BCUT2D eigenvalue weighted by Crippen LogP contribution is 2.47. The maximum atomic E-state index is 14.6. The monoisotopic (exact) mass is 800 g/mol. The topological polar surface area (TPSA) is 73.0 Å². The molecule has 1 saturated heterocycles. The Labute approximate surface area is 326 Å². The SMILES string of the molecule is CN(CC(CCN1CCC2(CC1)c1ccccc1C[S@]2=O)(c1ccc(Cl)c(Cl)c1)N(C)C(=O)NC(c1ccccc1)c1ccccc1)C(=O)C(F)(F)Cl. The third-order valence-corrected chi connectivity index (χ3v) is 13.7. The van der Waals surface area contributed by atoms with Gasteiger partial charge < -0.3 is 20.0 Å². The highest BCUT2D eigenvalue weighted by atomic mass is 35.5. The Morgan fingerprint density at radius 3 is 2.06 bits per heavy atom. The smallest absolute Gasteiger partial charge is 0.337 e. The number of halogens is 5. The maximum absolute atomic E-state index is 14.6. The minimum atomic E-state index is -4.17. The molecule has 7 nitrogen and oxygen atoms in total. The van der Waals surface area contributed by atoms with E-state index in [4.69, 9.17) is 34.8 Å². The lowest BCUT2D eigenvalue weighted by molar-refractivity contribution is -0.147. The number of piperidine rings is 1. The molecule has 2 atom stereocenters. The number of carbonyl (C=O) groups excluding carboxylic acids is 2. The van der Waals surface area contributed by atoms with Crippen molar-refractivity contribution >= 4 is 57.5 Å². The van der Waals surface area contributed by atoms with Gasteiger partial charge in [-0.2, -0.15) is 8.78 Å². The summed E-state index contributed by atoms with van der Waals surface area (Å²) < 4.78 is 41.8. The van der Waals surface area contributed by atoms with E-state index < -0.39 is 44.4 Å². The van der Waals surface area contributed by atoms with Gasteiger partial charge in [0.25, 0.3) is 0 Å². The summed E-state index contributed by atoms with van der Waals surface area (Å²) in [5, 5.41) is -0.524. The van der Waals surface area contributed by atoms with Crippen LogP contribution in [0.1, 0.15) is 53.1 Å². The van der Waals surface area contributed by atoms with Crippen molar-refractivity contribution in [3.8, 4) is 0 Å². The molecule has 53 heavy (non-hydrogen) atoms. The number of likely N-dealkylation sites (tertiary alicyclic amines) is 1. The molecule has 280 valence electrons. The first-order valence-corrected chi connectivity index (χ1v) is 19.8. The van der Waals surface area contributed by atoms with Crippen molar-refractivity contribution in [2.75, 3.05) is 40.3 Å². The number of hydrogen-bond acceptors (Lipinski definition) is 4. The average molecular weight is 802 g/mol. The van der Waals surface area contributed by atoms with E-state index in [2.05, 4.69) is 16.3 Å². The number of fused-ring (bicyclic) bond motifs is 2. The molecule has 2 aliphatic heterocycles. The molecule has 0 saturated carbocycles. The summed E-state index contributed by atoms with van der Waals surface area (Å²) in [5.74, 6) is -1.07. The van der Waals surface area contributed by atoms with Gasteiger partial charge in [-0.05, 0) is 83.9 Å². The lowest BCUT2D eigenvalue weighted by Crippen LogP contribution is -2.59. The van der Waals surface area contributed by atoms with Crippen LogP contribution in [0.25, 0.3) is 0 Å². The summed E-state index contributed by atoms with van der Waals surface area (Å²) in [4.78, 5) is 32.1. The van der Waals surface area contributed by atoms with Crippen LogP contribution in [0.15, 0.2) is 103 Å². The van der Waals surface area contributed by atoms with Crippen LogP contribution in [0.5, 0.6) is 0 Å². The first-order valence-electron chi connectivity index (χ1n) is 17.4. The number of likely N-dealkylation sites (N-methyl/N-ethyl adjacent to an activating group) is 2. The molecule has 0 radical (unpaired) electrons. The Hall–Kier alpha value is -3.54. The average Bonchev–Trinajstić information content (AvgIpc) is 3.43. The number of alkyl halides is 3. The van der Waals surface area contributed by atoms with Crippen molar-refractivity contribution in [1.29, 1.82) is 0 Å². The van der Waals surface area contributed by atoms with Crippen molar-refractivity contribution in [2.24, 2.45) is 0 Å². The molecule has 4 aromatic carbocycles. The number of benzene rings is 4. The van der Waals surface area contributed by atoms with E-state index in [-0.39, 0.29) is 23.0 Å². The third-order valence-electron chi connectivity index (χ3n) is 10.8. The van der Waals surface area contributed by atoms with Crippen molar-refractivity contribution in [1.82, 2.24) is 20.0 Å². The van der Waals surface area contributed by atoms with Gasteiger partial charge >= 0.3 is 17.3 Å². The second kappa shape index (κ2) is 16.1. The first kappa shape index (κ1) is 39.2. The number of urea groups is 1. The van der Waals surface area contributed by atoms with Gasteiger partial charge in [0.05, 0.1) is 26.4 Å². The van der Waals surface area contributed by atoms with Crippen LogP contribution in [-0.4, -0.2) is 76.5 Å². The highest BCUT2D eigenvalue weighted by Gasteiger charge is 2.49. The van der Waals surface area contributed by atoms with E-state index in [1.54, 1.807) is 25.2 Å². The van der Waals surface area contributed by atoms with Crippen LogP contribution in [0.3, 0.4) is 0 Å². The molecule has 2 aliphatic rings. The van der Waals surface area contributed by atoms with E-state index in [0.29, 0.717) is 43.8 Å². The Bertz CT molecular complexity index is 1920. The summed E-state index contributed by atoms with van der Waals surface area (Å²) >= 11 is 18.2. The van der Waals surface area contributed by atoms with Gasteiger partial charge in [0.15, 0.2) is 0 Å². The number of nitrogens with one attached hydrogen (secondary N) is 1.